The van der Waals surface area contributed by atoms with Crippen molar-refractivity contribution in [2.75, 3.05) is 0 Å². The molecular formula is C7H15N3O. The van der Waals surface area contributed by atoms with Crippen LogP contribution in [0.1, 0.15) is 20.8 Å². The SMILES string of the molecule is CC(C)[C@H](C)/C=N/NC(N)=O. The van der Waals surface area contributed by atoms with E-state index in [0.29, 0.717) is 11.8 Å². The molecule has 4 nitrogen and oxygen atoms in total. The molecule has 2 amide bonds. The van der Waals surface area contributed by atoms with Crippen LogP contribution < -0.4 is 11.2 Å². The Hall–Kier alpha value is -1.06. The first-order valence-electron chi connectivity index (χ1n) is 3.62. The largest absolute Gasteiger partial charge is 0.350 e. The standard InChI is InChI=1S/C7H15N3O/c1-5(2)6(3)4-9-10-7(8)11/h4-6H,1-3H3,(H3,8,10,11)/b9-4+/t6-/m1/s1. The summed E-state index contributed by atoms with van der Waals surface area (Å²) in [6, 6.07) is -0.628. The predicted octanol–water partition coefficient (Wildman–Crippen LogP) is 0.933. The summed E-state index contributed by atoms with van der Waals surface area (Å²) >= 11 is 0. The van der Waals surface area contributed by atoms with Gasteiger partial charge in [-0.3, -0.25) is 0 Å². The van der Waals surface area contributed by atoms with Gasteiger partial charge in [0.15, 0.2) is 0 Å². The number of nitrogens with zero attached hydrogens (tertiary/aromatic N) is 1. The van der Waals surface area contributed by atoms with Gasteiger partial charge in [-0.1, -0.05) is 20.8 Å². The number of carbonyl (C=O) groups is 1. The number of urea groups is 1. The molecule has 0 spiro atoms. The topological polar surface area (TPSA) is 67.5 Å². The Labute approximate surface area is 66.8 Å². The van der Waals surface area contributed by atoms with Crippen molar-refractivity contribution in [3.63, 3.8) is 0 Å². The number of carbonyl (C=O) groups excluding carboxylic acids is 1. The quantitative estimate of drug-likeness (QED) is 0.464. The van der Waals surface area contributed by atoms with E-state index in [1.807, 2.05) is 6.92 Å². The molecule has 0 heterocycles. The van der Waals surface area contributed by atoms with Crippen molar-refractivity contribution in [1.82, 2.24) is 5.43 Å². The van der Waals surface area contributed by atoms with E-state index >= 15 is 0 Å². The Morgan fingerprint density at radius 2 is 2.09 bits per heavy atom. The first-order chi connectivity index (χ1) is 5.04. The van der Waals surface area contributed by atoms with Crippen LogP contribution in [0.3, 0.4) is 0 Å². The minimum Gasteiger partial charge on any atom is -0.350 e. The third kappa shape index (κ3) is 5.39. The molecule has 0 saturated carbocycles. The summed E-state index contributed by atoms with van der Waals surface area (Å²) in [6.07, 6.45) is 1.68. The second-order valence-corrected chi connectivity index (χ2v) is 2.86. The number of primary amides is 1. The molecule has 11 heavy (non-hydrogen) atoms. The molecule has 0 saturated heterocycles. The molecule has 1 atom stereocenters. The minimum absolute atomic E-state index is 0.349. The molecule has 3 N–H and O–H groups in total. The van der Waals surface area contributed by atoms with Gasteiger partial charge >= 0.3 is 6.03 Å². The Kier molecular flexibility index (Phi) is 4.26. The Balaban J connectivity index is 3.65. The minimum atomic E-state index is -0.628. The van der Waals surface area contributed by atoms with E-state index in [-0.39, 0.29) is 0 Å². The molecule has 0 radical (unpaired) electrons. The molecule has 0 fully saturated rings. The summed E-state index contributed by atoms with van der Waals surface area (Å²) in [5, 5.41) is 3.64. The fraction of sp³-hybridized carbons (Fsp3) is 0.714. The van der Waals surface area contributed by atoms with E-state index in [4.69, 9.17) is 5.73 Å². The van der Waals surface area contributed by atoms with Crippen molar-refractivity contribution in [3.8, 4) is 0 Å². The van der Waals surface area contributed by atoms with Gasteiger partial charge in [0.1, 0.15) is 0 Å². The highest BCUT2D eigenvalue weighted by Crippen LogP contribution is 2.05. The van der Waals surface area contributed by atoms with Crippen LogP contribution >= 0.6 is 0 Å². The molecule has 64 valence electrons. The van der Waals surface area contributed by atoms with E-state index in [9.17, 15) is 4.79 Å². The number of nitrogens with one attached hydrogen (secondary N) is 1. The van der Waals surface area contributed by atoms with Crippen molar-refractivity contribution < 1.29 is 4.79 Å². The van der Waals surface area contributed by atoms with Crippen LogP contribution in [0.2, 0.25) is 0 Å². The van der Waals surface area contributed by atoms with E-state index < -0.39 is 6.03 Å². The van der Waals surface area contributed by atoms with Crippen LogP contribution in [0.15, 0.2) is 5.10 Å². The average molecular weight is 157 g/mol. The number of amides is 2. The summed E-state index contributed by atoms with van der Waals surface area (Å²) < 4.78 is 0. The first-order valence-corrected chi connectivity index (χ1v) is 3.62. The zero-order valence-corrected chi connectivity index (χ0v) is 7.16. The number of hydrogen-bond donors (Lipinski definition) is 2. The lowest BCUT2D eigenvalue weighted by atomic mass is 10.0. The van der Waals surface area contributed by atoms with Gasteiger partial charge in [-0.2, -0.15) is 5.10 Å². The van der Waals surface area contributed by atoms with Gasteiger partial charge in [0.25, 0.3) is 0 Å². The summed E-state index contributed by atoms with van der Waals surface area (Å²) in [4.78, 5) is 10.1. The monoisotopic (exact) mass is 157 g/mol. The van der Waals surface area contributed by atoms with E-state index in [2.05, 4.69) is 24.4 Å². The number of nitrogens with two attached hydrogens (primary N) is 1. The number of hydrogen-bond acceptors (Lipinski definition) is 2. The second-order valence-electron chi connectivity index (χ2n) is 2.86. The third-order valence-electron chi connectivity index (χ3n) is 1.54. The molecule has 0 unspecified atom stereocenters. The lowest BCUT2D eigenvalue weighted by Gasteiger charge is -2.07. The van der Waals surface area contributed by atoms with Crippen molar-refractivity contribution in [1.29, 1.82) is 0 Å². The van der Waals surface area contributed by atoms with Gasteiger partial charge in [0, 0.05) is 6.21 Å². The highest BCUT2D eigenvalue weighted by Gasteiger charge is 2.02. The molecule has 0 aromatic heterocycles. The van der Waals surface area contributed by atoms with Crippen LogP contribution in [0.5, 0.6) is 0 Å². The molecule has 0 rings (SSSR count). The van der Waals surface area contributed by atoms with Crippen LogP contribution in [0.4, 0.5) is 4.79 Å². The maximum absolute atomic E-state index is 10.1. The van der Waals surface area contributed by atoms with Crippen molar-refractivity contribution >= 4 is 12.2 Å². The van der Waals surface area contributed by atoms with Gasteiger partial charge in [-0.25, -0.2) is 10.2 Å². The van der Waals surface area contributed by atoms with E-state index in [1.54, 1.807) is 6.21 Å². The predicted molar refractivity (Wildman–Crippen MR) is 45.2 cm³/mol. The lowest BCUT2D eigenvalue weighted by Crippen LogP contribution is -2.25. The third-order valence-corrected chi connectivity index (χ3v) is 1.54. The smallest absolute Gasteiger partial charge is 0.332 e. The fourth-order valence-corrected chi connectivity index (χ4v) is 0.391. The zero-order valence-electron chi connectivity index (χ0n) is 7.16. The molecule has 0 aliphatic heterocycles. The van der Waals surface area contributed by atoms with Crippen LogP contribution in [-0.4, -0.2) is 12.2 Å². The summed E-state index contributed by atoms with van der Waals surface area (Å²) in [5.41, 5.74) is 6.93. The van der Waals surface area contributed by atoms with Gasteiger partial charge in [-0.05, 0) is 11.8 Å². The van der Waals surface area contributed by atoms with Crippen LogP contribution in [0.25, 0.3) is 0 Å². The first kappa shape index (κ1) is 9.94. The van der Waals surface area contributed by atoms with Gasteiger partial charge in [-0.15, -0.1) is 0 Å². The molecule has 0 aliphatic carbocycles. The molecule has 0 aromatic rings. The lowest BCUT2D eigenvalue weighted by molar-refractivity contribution is 0.249. The Morgan fingerprint density at radius 3 is 2.45 bits per heavy atom. The van der Waals surface area contributed by atoms with Gasteiger partial charge in [0.05, 0.1) is 0 Å². The van der Waals surface area contributed by atoms with Crippen LogP contribution in [0, 0.1) is 11.8 Å². The van der Waals surface area contributed by atoms with Gasteiger partial charge < -0.3 is 5.73 Å². The number of hydrazone groups is 1. The maximum atomic E-state index is 10.1. The summed E-state index contributed by atoms with van der Waals surface area (Å²) in [6.45, 7) is 6.19. The Morgan fingerprint density at radius 1 is 1.55 bits per heavy atom. The van der Waals surface area contributed by atoms with Gasteiger partial charge in [0.2, 0.25) is 0 Å². The zero-order chi connectivity index (χ0) is 8.85. The highest BCUT2D eigenvalue weighted by molar-refractivity contribution is 5.73. The van der Waals surface area contributed by atoms with Crippen molar-refractivity contribution in [2.24, 2.45) is 22.7 Å². The normalized spacial score (nSPS) is 13.8. The molecular weight excluding hydrogens is 142 g/mol. The highest BCUT2D eigenvalue weighted by atomic mass is 16.2. The summed E-state index contributed by atoms with van der Waals surface area (Å²) in [5.74, 6) is 0.871. The molecule has 0 aliphatic rings. The van der Waals surface area contributed by atoms with E-state index in [0.717, 1.165) is 0 Å². The van der Waals surface area contributed by atoms with Crippen molar-refractivity contribution in [3.05, 3.63) is 0 Å². The molecule has 4 heteroatoms. The van der Waals surface area contributed by atoms with Crippen molar-refractivity contribution in [2.45, 2.75) is 20.8 Å². The molecule has 0 bridgehead atoms. The van der Waals surface area contributed by atoms with Crippen LogP contribution in [-0.2, 0) is 0 Å². The summed E-state index contributed by atoms with van der Waals surface area (Å²) in [7, 11) is 0. The Bertz CT molecular complexity index is 154. The maximum Gasteiger partial charge on any atom is 0.332 e. The van der Waals surface area contributed by atoms with E-state index in [1.165, 1.54) is 0 Å². The second kappa shape index (κ2) is 4.71. The molecule has 0 aromatic carbocycles. The average Bonchev–Trinajstić information content (AvgIpc) is 1.86. The number of rotatable bonds is 3. The fourth-order valence-electron chi connectivity index (χ4n) is 0.391.